The number of aryl methyl sites for hydroxylation is 1. The van der Waals surface area contributed by atoms with Crippen LogP contribution in [-0.2, 0) is 4.79 Å². The van der Waals surface area contributed by atoms with E-state index in [1.54, 1.807) is 12.1 Å². The number of thiophene rings is 1. The minimum Gasteiger partial charge on any atom is -0.352 e. The van der Waals surface area contributed by atoms with Gasteiger partial charge in [-0.1, -0.05) is 30.7 Å². The molecule has 3 amide bonds. The highest BCUT2D eigenvalue weighted by Gasteiger charge is 2.34. The highest BCUT2D eigenvalue weighted by molar-refractivity contribution is 7.12. The molecular formula is C24H31N3O3S. The van der Waals surface area contributed by atoms with E-state index in [0.717, 1.165) is 16.9 Å². The van der Waals surface area contributed by atoms with E-state index in [2.05, 4.69) is 10.6 Å². The van der Waals surface area contributed by atoms with Crippen LogP contribution in [0, 0.1) is 12.8 Å². The third-order valence-electron chi connectivity index (χ3n) is 5.91. The Morgan fingerprint density at radius 1 is 1.10 bits per heavy atom. The minimum absolute atomic E-state index is 0.0224. The number of carbonyl (C=O) groups is 3. The lowest BCUT2D eigenvalue weighted by atomic mass is 9.88. The predicted octanol–water partition coefficient (Wildman–Crippen LogP) is 3.62. The summed E-state index contributed by atoms with van der Waals surface area (Å²) in [7, 11) is 0. The summed E-state index contributed by atoms with van der Waals surface area (Å²) >= 11 is 1.44. The van der Waals surface area contributed by atoms with Crippen LogP contribution in [0.4, 0.5) is 0 Å². The third-order valence-corrected chi connectivity index (χ3v) is 6.77. The standard InChI is InChI=1S/C24H31N3O3S/c1-4-17(3)25-23(29)21(26-22(28)19-9-7-16(2)8-10-19)18-11-13-27(14-12-18)24(30)20-6-5-15-31-20/h5-10,15,17-18,21H,4,11-14H2,1-3H3,(H,25,29)(H,26,28)/t17-,21+/m0/s1. The van der Waals surface area contributed by atoms with Gasteiger partial charge in [0, 0.05) is 24.7 Å². The number of piperidine rings is 1. The van der Waals surface area contributed by atoms with E-state index in [9.17, 15) is 14.4 Å². The van der Waals surface area contributed by atoms with Gasteiger partial charge in [0.05, 0.1) is 4.88 Å². The molecule has 2 N–H and O–H groups in total. The number of nitrogens with one attached hydrogen (secondary N) is 2. The summed E-state index contributed by atoms with van der Waals surface area (Å²) < 4.78 is 0. The zero-order valence-electron chi connectivity index (χ0n) is 18.4. The Bertz CT molecular complexity index is 887. The number of hydrogen-bond acceptors (Lipinski definition) is 4. The molecule has 0 saturated carbocycles. The van der Waals surface area contributed by atoms with Crippen molar-refractivity contribution in [1.82, 2.24) is 15.5 Å². The van der Waals surface area contributed by atoms with E-state index in [1.807, 2.05) is 55.3 Å². The molecule has 7 heteroatoms. The van der Waals surface area contributed by atoms with Crippen molar-refractivity contribution in [2.45, 2.75) is 52.1 Å². The lowest BCUT2D eigenvalue weighted by Gasteiger charge is -2.36. The Morgan fingerprint density at radius 3 is 2.35 bits per heavy atom. The average molecular weight is 442 g/mol. The van der Waals surface area contributed by atoms with Gasteiger partial charge in [-0.2, -0.15) is 0 Å². The molecule has 2 aromatic rings. The molecule has 0 spiro atoms. The largest absolute Gasteiger partial charge is 0.352 e. The Kier molecular flexibility index (Phi) is 7.85. The predicted molar refractivity (Wildman–Crippen MR) is 123 cm³/mol. The third kappa shape index (κ3) is 5.94. The Hall–Kier alpha value is -2.67. The van der Waals surface area contributed by atoms with Gasteiger partial charge in [0.15, 0.2) is 0 Å². The molecule has 1 aromatic carbocycles. The molecule has 31 heavy (non-hydrogen) atoms. The monoisotopic (exact) mass is 441 g/mol. The molecule has 3 rings (SSSR count). The fourth-order valence-corrected chi connectivity index (χ4v) is 4.44. The van der Waals surface area contributed by atoms with Crippen molar-refractivity contribution in [2.24, 2.45) is 5.92 Å². The maximum absolute atomic E-state index is 13.0. The summed E-state index contributed by atoms with van der Waals surface area (Å²) in [5.41, 5.74) is 1.61. The molecule has 1 aliphatic rings. The second-order valence-corrected chi connectivity index (χ2v) is 9.19. The van der Waals surface area contributed by atoms with Gasteiger partial charge < -0.3 is 15.5 Å². The van der Waals surface area contributed by atoms with Crippen LogP contribution in [0.5, 0.6) is 0 Å². The van der Waals surface area contributed by atoms with Gasteiger partial charge in [-0.25, -0.2) is 0 Å². The lowest BCUT2D eigenvalue weighted by Crippen LogP contribution is -2.55. The molecule has 1 saturated heterocycles. The summed E-state index contributed by atoms with van der Waals surface area (Å²) in [5.74, 6) is -0.386. The first-order chi connectivity index (χ1) is 14.9. The molecule has 1 fully saturated rings. The number of rotatable bonds is 7. The summed E-state index contributed by atoms with van der Waals surface area (Å²) in [6, 6.07) is 10.4. The van der Waals surface area contributed by atoms with Gasteiger partial charge >= 0.3 is 0 Å². The van der Waals surface area contributed by atoms with E-state index in [0.29, 0.717) is 31.5 Å². The molecule has 0 bridgehead atoms. The van der Waals surface area contributed by atoms with Crippen molar-refractivity contribution < 1.29 is 14.4 Å². The summed E-state index contributed by atoms with van der Waals surface area (Å²) in [4.78, 5) is 41.1. The van der Waals surface area contributed by atoms with Crippen LogP contribution < -0.4 is 10.6 Å². The molecule has 1 aromatic heterocycles. The first-order valence-electron chi connectivity index (χ1n) is 10.9. The van der Waals surface area contributed by atoms with Gasteiger partial charge in [0.1, 0.15) is 6.04 Å². The Balaban J connectivity index is 1.69. The van der Waals surface area contributed by atoms with E-state index < -0.39 is 6.04 Å². The second-order valence-electron chi connectivity index (χ2n) is 8.24. The molecule has 6 nitrogen and oxygen atoms in total. The second kappa shape index (κ2) is 10.6. The van der Waals surface area contributed by atoms with Crippen LogP contribution in [0.1, 0.15) is 58.7 Å². The Labute approximate surface area is 188 Å². The van der Waals surface area contributed by atoms with Crippen LogP contribution in [0.2, 0.25) is 0 Å². The fraction of sp³-hybridized carbons (Fsp3) is 0.458. The first kappa shape index (κ1) is 23.0. The maximum atomic E-state index is 13.0. The number of nitrogens with zero attached hydrogens (tertiary/aromatic N) is 1. The molecule has 2 atom stereocenters. The van der Waals surface area contributed by atoms with Gasteiger partial charge in [-0.3, -0.25) is 14.4 Å². The van der Waals surface area contributed by atoms with Crippen molar-refractivity contribution in [3.05, 3.63) is 57.8 Å². The van der Waals surface area contributed by atoms with Crippen LogP contribution >= 0.6 is 11.3 Å². The fourth-order valence-electron chi connectivity index (χ4n) is 3.75. The number of amides is 3. The molecule has 1 aliphatic heterocycles. The summed E-state index contributed by atoms with van der Waals surface area (Å²) in [5, 5.41) is 7.89. The van der Waals surface area contributed by atoms with Crippen LogP contribution in [-0.4, -0.2) is 47.8 Å². The van der Waals surface area contributed by atoms with Crippen LogP contribution in [0.3, 0.4) is 0 Å². The minimum atomic E-state index is -0.623. The highest BCUT2D eigenvalue weighted by Crippen LogP contribution is 2.24. The van der Waals surface area contributed by atoms with Crippen molar-refractivity contribution in [3.63, 3.8) is 0 Å². The molecule has 0 aliphatic carbocycles. The number of carbonyl (C=O) groups excluding carboxylic acids is 3. The van der Waals surface area contributed by atoms with Gasteiger partial charge in [0.25, 0.3) is 11.8 Å². The van der Waals surface area contributed by atoms with E-state index >= 15 is 0 Å². The zero-order valence-corrected chi connectivity index (χ0v) is 19.2. The molecular weight excluding hydrogens is 410 g/mol. The first-order valence-corrected chi connectivity index (χ1v) is 11.8. The van der Waals surface area contributed by atoms with Crippen LogP contribution in [0.25, 0.3) is 0 Å². The summed E-state index contributed by atoms with van der Waals surface area (Å²) in [6.07, 6.45) is 2.16. The van der Waals surface area contributed by atoms with Gasteiger partial charge in [-0.05, 0) is 62.6 Å². The van der Waals surface area contributed by atoms with Crippen LogP contribution in [0.15, 0.2) is 41.8 Å². The molecule has 166 valence electrons. The topological polar surface area (TPSA) is 78.5 Å². The maximum Gasteiger partial charge on any atom is 0.263 e. The van der Waals surface area contributed by atoms with Crippen molar-refractivity contribution >= 4 is 29.1 Å². The van der Waals surface area contributed by atoms with Gasteiger partial charge in [0.2, 0.25) is 5.91 Å². The Morgan fingerprint density at radius 2 is 1.77 bits per heavy atom. The average Bonchev–Trinajstić information content (AvgIpc) is 3.32. The number of hydrogen-bond donors (Lipinski definition) is 2. The normalized spacial score (nSPS) is 16.4. The molecule has 0 radical (unpaired) electrons. The van der Waals surface area contributed by atoms with Crippen molar-refractivity contribution in [1.29, 1.82) is 0 Å². The summed E-state index contributed by atoms with van der Waals surface area (Å²) in [6.45, 7) is 7.09. The van der Waals surface area contributed by atoms with E-state index in [4.69, 9.17) is 0 Å². The van der Waals surface area contributed by atoms with Crippen molar-refractivity contribution in [2.75, 3.05) is 13.1 Å². The zero-order chi connectivity index (χ0) is 22.4. The highest BCUT2D eigenvalue weighted by atomic mass is 32.1. The number of likely N-dealkylation sites (tertiary alicyclic amines) is 1. The number of benzene rings is 1. The quantitative estimate of drug-likeness (QED) is 0.689. The molecule has 0 unspecified atom stereocenters. The molecule has 2 heterocycles. The van der Waals surface area contributed by atoms with E-state index in [-0.39, 0.29) is 29.7 Å². The van der Waals surface area contributed by atoms with Crippen molar-refractivity contribution in [3.8, 4) is 0 Å². The SMILES string of the molecule is CC[C@H](C)NC(=O)[C@H](NC(=O)c1ccc(C)cc1)C1CCN(C(=O)c2cccs2)CC1. The lowest BCUT2D eigenvalue weighted by molar-refractivity contribution is -0.125. The van der Waals surface area contributed by atoms with E-state index in [1.165, 1.54) is 11.3 Å². The smallest absolute Gasteiger partial charge is 0.263 e. The van der Waals surface area contributed by atoms with Gasteiger partial charge in [-0.15, -0.1) is 11.3 Å².